The van der Waals surface area contributed by atoms with Gasteiger partial charge in [0.05, 0.1) is 11.9 Å². The Balaban J connectivity index is 2.65. The van der Waals surface area contributed by atoms with E-state index in [1.165, 1.54) is 18.0 Å². The van der Waals surface area contributed by atoms with Crippen molar-refractivity contribution in [3.8, 4) is 0 Å². The van der Waals surface area contributed by atoms with E-state index in [1.54, 1.807) is 6.92 Å². The Labute approximate surface area is 115 Å². The lowest BCUT2D eigenvalue weighted by Gasteiger charge is -2.09. The standard InChI is InChI=1S/C11H15BrO3S2/c1-8(13)10-4-3-9(7-11(10)12)16-5-6-17(2,14)15/h3-4,7-8,13H,5-6H2,1-2H3/t8-/m1/s1. The van der Waals surface area contributed by atoms with E-state index in [0.29, 0.717) is 5.75 Å². The van der Waals surface area contributed by atoms with E-state index < -0.39 is 15.9 Å². The van der Waals surface area contributed by atoms with E-state index in [0.717, 1.165) is 14.9 Å². The molecule has 0 aliphatic rings. The molecule has 0 aromatic heterocycles. The van der Waals surface area contributed by atoms with Crippen LogP contribution in [0.15, 0.2) is 27.6 Å². The fourth-order valence-corrected chi connectivity index (χ4v) is 4.25. The minimum absolute atomic E-state index is 0.174. The number of hydrogen-bond acceptors (Lipinski definition) is 4. The van der Waals surface area contributed by atoms with Crippen LogP contribution >= 0.6 is 27.7 Å². The van der Waals surface area contributed by atoms with Gasteiger partial charge in [0, 0.05) is 21.4 Å². The van der Waals surface area contributed by atoms with Crippen molar-refractivity contribution >= 4 is 37.5 Å². The molecule has 0 amide bonds. The summed E-state index contributed by atoms with van der Waals surface area (Å²) in [6.45, 7) is 1.70. The van der Waals surface area contributed by atoms with Gasteiger partial charge in [-0.25, -0.2) is 8.42 Å². The van der Waals surface area contributed by atoms with Crippen LogP contribution in [0.4, 0.5) is 0 Å². The Kier molecular flexibility index (Phi) is 5.50. The van der Waals surface area contributed by atoms with Crippen LogP contribution in [-0.2, 0) is 9.84 Å². The van der Waals surface area contributed by atoms with Crippen molar-refractivity contribution in [1.82, 2.24) is 0 Å². The van der Waals surface area contributed by atoms with Gasteiger partial charge in [-0.15, -0.1) is 11.8 Å². The maximum atomic E-state index is 11.0. The zero-order chi connectivity index (χ0) is 13.1. The molecule has 1 aromatic carbocycles. The quantitative estimate of drug-likeness (QED) is 0.838. The summed E-state index contributed by atoms with van der Waals surface area (Å²) in [5.41, 5.74) is 0.831. The number of benzene rings is 1. The van der Waals surface area contributed by atoms with Crippen molar-refractivity contribution in [3.05, 3.63) is 28.2 Å². The van der Waals surface area contributed by atoms with E-state index in [4.69, 9.17) is 0 Å². The summed E-state index contributed by atoms with van der Waals surface area (Å²) in [6.07, 6.45) is 0.722. The fraction of sp³-hybridized carbons (Fsp3) is 0.455. The molecule has 17 heavy (non-hydrogen) atoms. The van der Waals surface area contributed by atoms with Crippen molar-refractivity contribution in [2.75, 3.05) is 17.8 Å². The molecule has 0 saturated carbocycles. The maximum absolute atomic E-state index is 11.0. The van der Waals surface area contributed by atoms with Crippen molar-refractivity contribution in [3.63, 3.8) is 0 Å². The van der Waals surface area contributed by atoms with Crippen molar-refractivity contribution < 1.29 is 13.5 Å². The monoisotopic (exact) mass is 338 g/mol. The molecule has 1 rings (SSSR count). The SMILES string of the molecule is C[C@@H](O)c1ccc(SCCS(C)(=O)=O)cc1Br. The van der Waals surface area contributed by atoms with Crippen molar-refractivity contribution in [2.24, 2.45) is 0 Å². The van der Waals surface area contributed by atoms with Gasteiger partial charge >= 0.3 is 0 Å². The minimum Gasteiger partial charge on any atom is -0.389 e. The van der Waals surface area contributed by atoms with Crippen LogP contribution in [-0.4, -0.2) is 31.3 Å². The number of hydrogen-bond donors (Lipinski definition) is 1. The molecule has 0 heterocycles. The lowest BCUT2D eigenvalue weighted by atomic mass is 10.1. The van der Waals surface area contributed by atoms with Gasteiger partial charge in [-0.3, -0.25) is 0 Å². The minimum atomic E-state index is -2.90. The fourth-order valence-electron chi connectivity index (χ4n) is 1.25. The Morgan fingerprint density at radius 2 is 2.12 bits per heavy atom. The summed E-state index contributed by atoms with van der Waals surface area (Å²) >= 11 is 4.88. The lowest BCUT2D eigenvalue weighted by molar-refractivity contribution is 0.198. The molecular formula is C11H15BrO3S2. The summed E-state index contributed by atoms with van der Waals surface area (Å²) < 4.78 is 22.8. The number of sulfone groups is 1. The van der Waals surface area contributed by atoms with E-state index >= 15 is 0 Å². The van der Waals surface area contributed by atoms with Crippen LogP contribution in [0.1, 0.15) is 18.6 Å². The molecule has 1 aromatic rings. The zero-order valence-electron chi connectivity index (χ0n) is 9.68. The Bertz CT molecular complexity index is 483. The van der Waals surface area contributed by atoms with Crippen LogP contribution in [0.5, 0.6) is 0 Å². The highest BCUT2D eigenvalue weighted by atomic mass is 79.9. The van der Waals surface area contributed by atoms with E-state index in [9.17, 15) is 13.5 Å². The van der Waals surface area contributed by atoms with Gasteiger partial charge in [0.25, 0.3) is 0 Å². The molecule has 0 spiro atoms. The Morgan fingerprint density at radius 1 is 1.47 bits per heavy atom. The third-order valence-electron chi connectivity index (χ3n) is 2.14. The number of halogens is 1. The van der Waals surface area contributed by atoms with Gasteiger partial charge in [0.15, 0.2) is 0 Å². The number of rotatable bonds is 5. The molecular weight excluding hydrogens is 324 g/mol. The third-order valence-corrected chi connectivity index (χ3v) is 5.03. The van der Waals surface area contributed by atoms with Gasteiger partial charge in [-0.05, 0) is 24.6 Å². The third kappa shape index (κ3) is 5.42. The number of aliphatic hydroxyl groups excluding tert-OH is 1. The second kappa shape index (κ2) is 6.22. The molecule has 0 bridgehead atoms. The Hall–Kier alpha value is -0.0400. The average molecular weight is 339 g/mol. The summed E-state index contributed by atoms with van der Waals surface area (Å²) in [7, 11) is -2.90. The van der Waals surface area contributed by atoms with Gasteiger partial charge in [0.1, 0.15) is 9.84 Å². The first kappa shape index (κ1) is 15.0. The van der Waals surface area contributed by atoms with Gasteiger partial charge in [-0.1, -0.05) is 22.0 Å². The molecule has 96 valence electrons. The normalized spacial score (nSPS) is 13.6. The van der Waals surface area contributed by atoms with Gasteiger partial charge < -0.3 is 5.11 Å². The molecule has 1 atom stereocenters. The average Bonchev–Trinajstić information content (AvgIpc) is 2.15. The summed E-state index contributed by atoms with van der Waals surface area (Å²) in [5, 5.41) is 9.46. The molecule has 0 radical (unpaired) electrons. The largest absolute Gasteiger partial charge is 0.389 e. The van der Waals surface area contributed by atoms with Crippen molar-refractivity contribution in [1.29, 1.82) is 0 Å². The van der Waals surface area contributed by atoms with Crippen LogP contribution in [0.3, 0.4) is 0 Å². The highest BCUT2D eigenvalue weighted by Gasteiger charge is 2.08. The topological polar surface area (TPSA) is 54.4 Å². The predicted octanol–water partition coefficient (Wildman–Crippen LogP) is 2.64. The molecule has 0 fully saturated rings. The van der Waals surface area contributed by atoms with E-state index in [2.05, 4.69) is 15.9 Å². The van der Waals surface area contributed by atoms with Crippen LogP contribution < -0.4 is 0 Å². The van der Waals surface area contributed by atoms with E-state index in [-0.39, 0.29) is 5.75 Å². The maximum Gasteiger partial charge on any atom is 0.148 e. The van der Waals surface area contributed by atoms with Gasteiger partial charge in [0.2, 0.25) is 0 Å². The first-order valence-corrected chi connectivity index (χ1v) is 8.91. The van der Waals surface area contributed by atoms with E-state index in [1.807, 2.05) is 18.2 Å². The van der Waals surface area contributed by atoms with Gasteiger partial charge in [-0.2, -0.15) is 0 Å². The lowest BCUT2D eigenvalue weighted by Crippen LogP contribution is -2.04. The molecule has 0 saturated heterocycles. The molecule has 3 nitrogen and oxygen atoms in total. The smallest absolute Gasteiger partial charge is 0.148 e. The molecule has 0 aliphatic heterocycles. The number of thioether (sulfide) groups is 1. The van der Waals surface area contributed by atoms with Crippen molar-refractivity contribution in [2.45, 2.75) is 17.9 Å². The first-order valence-electron chi connectivity index (χ1n) is 5.07. The Morgan fingerprint density at radius 3 is 2.59 bits per heavy atom. The second-order valence-corrected chi connectivity index (χ2v) is 8.12. The summed E-state index contributed by atoms with van der Waals surface area (Å²) in [4.78, 5) is 0.991. The predicted molar refractivity (Wildman–Crippen MR) is 75.2 cm³/mol. The second-order valence-electron chi connectivity index (χ2n) is 3.84. The zero-order valence-corrected chi connectivity index (χ0v) is 12.9. The summed E-state index contributed by atoms with van der Waals surface area (Å²) in [6, 6.07) is 5.63. The highest BCUT2D eigenvalue weighted by molar-refractivity contribution is 9.10. The van der Waals surface area contributed by atoms with Crippen LogP contribution in [0.25, 0.3) is 0 Å². The molecule has 0 unspecified atom stereocenters. The number of aliphatic hydroxyl groups is 1. The molecule has 6 heteroatoms. The van der Waals surface area contributed by atoms with Crippen LogP contribution in [0.2, 0.25) is 0 Å². The first-order chi connectivity index (χ1) is 7.79. The highest BCUT2D eigenvalue weighted by Crippen LogP contribution is 2.28. The molecule has 0 aliphatic carbocycles. The molecule has 1 N–H and O–H groups in total. The summed E-state index contributed by atoms with van der Waals surface area (Å²) in [5.74, 6) is 0.715. The van der Waals surface area contributed by atoms with Crippen LogP contribution in [0, 0.1) is 0 Å².